The predicted octanol–water partition coefficient (Wildman–Crippen LogP) is 3.15. The van der Waals surface area contributed by atoms with Gasteiger partial charge in [0.05, 0.1) is 4.90 Å². The van der Waals surface area contributed by atoms with Gasteiger partial charge in [0.25, 0.3) is 0 Å². The molecule has 1 aromatic carbocycles. The Kier molecular flexibility index (Phi) is 5.15. The van der Waals surface area contributed by atoms with E-state index in [0.717, 1.165) is 9.13 Å². The highest BCUT2D eigenvalue weighted by atomic mass is 127. The van der Waals surface area contributed by atoms with Crippen LogP contribution in [0.15, 0.2) is 23.1 Å². The third kappa shape index (κ3) is 4.93. The lowest BCUT2D eigenvalue weighted by atomic mass is 10.2. The van der Waals surface area contributed by atoms with E-state index < -0.39 is 22.7 Å². The molecular formula is C12H16INO3S. The van der Waals surface area contributed by atoms with Crippen LogP contribution in [0.3, 0.4) is 0 Å². The van der Waals surface area contributed by atoms with Crippen molar-refractivity contribution in [3.8, 4) is 0 Å². The molecule has 0 spiro atoms. The number of aryl methyl sites for hydroxylation is 1. The smallest absolute Gasteiger partial charge is 0.419 e. The maximum atomic E-state index is 12.0. The number of ether oxygens (including phenoxy) is 1. The molecule has 1 aromatic rings. The quantitative estimate of drug-likeness (QED) is 0.801. The molecule has 100 valence electrons. The van der Waals surface area contributed by atoms with Crippen molar-refractivity contribution in [1.82, 2.24) is 4.72 Å². The number of carbonyl (C=O) groups is 1. The molecule has 0 heterocycles. The summed E-state index contributed by atoms with van der Waals surface area (Å²) in [5, 5.41) is 0. The maximum Gasteiger partial charge on any atom is 0.419 e. The Morgan fingerprint density at radius 1 is 1.39 bits per heavy atom. The number of halogens is 1. The standard InChI is InChI=1S/C12H16INO3S/c1-8-5-6-10(9(13)7-8)18(16)14-11(15)17-12(2,3)4/h5-7H,1-4H3,(H,14,15). The first-order valence-electron chi connectivity index (χ1n) is 5.36. The number of hydrogen-bond donors (Lipinski definition) is 1. The van der Waals surface area contributed by atoms with Crippen LogP contribution < -0.4 is 4.72 Å². The average Bonchev–Trinajstić information content (AvgIpc) is 2.13. The number of hydrogen-bond acceptors (Lipinski definition) is 3. The lowest BCUT2D eigenvalue weighted by Crippen LogP contribution is -2.33. The molecule has 0 aliphatic rings. The summed E-state index contributed by atoms with van der Waals surface area (Å²) in [6.45, 7) is 7.22. The number of benzene rings is 1. The zero-order valence-electron chi connectivity index (χ0n) is 10.7. The highest BCUT2D eigenvalue weighted by Gasteiger charge is 2.19. The van der Waals surface area contributed by atoms with E-state index in [0.29, 0.717) is 4.90 Å². The molecule has 0 aliphatic carbocycles. The van der Waals surface area contributed by atoms with Crippen LogP contribution >= 0.6 is 22.6 Å². The van der Waals surface area contributed by atoms with Gasteiger partial charge in [0, 0.05) is 3.57 Å². The van der Waals surface area contributed by atoms with Crippen molar-refractivity contribution in [3.05, 3.63) is 27.3 Å². The second-order valence-corrected chi connectivity index (χ2v) is 7.15. The van der Waals surface area contributed by atoms with Gasteiger partial charge in [0.15, 0.2) is 11.0 Å². The molecule has 0 aliphatic heterocycles. The lowest BCUT2D eigenvalue weighted by molar-refractivity contribution is 0.0572. The van der Waals surface area contributed by atoms with Gasteiger partial charge >= 0.3 is 6.09 Å². The van der Waals surface area contributed by atoms with Crippen LogP contribution in [0.5, 0.6) is 0 Å². The minimum atomic E-state index is -1.60. The van der Waals surface area contributed by atoms with E-state index in [1.807, 2.05) is 19.1 Å². The van der Waals surface area contributed by atoms with Crippen molar-refractivity contribution in [3.63, 3.8) is 0 Å². The zero-order chi connectivity index (χ0) is 13.9. The van der Waals surface area contributed by atoms with Crippen LogP contribution in [0.1, 0.15) is 26.3 Å². The van der Waals surface area contributed by atoms with Gasteiger partial charge in [0.1, 0.15) is 5.60 Å². The van der Waals surface area contributed by atoms with Crippen molar-refractivity contribution in [2.75, 3.05) is 0 Å². The molecule has 1 atom stereocenters. The van der Waals surface area contributed by atoms with Crippen LogP contribution in [0.4, 0.5) is 4.79 Å². The highest BCUT2D eigenvalue weighted by Crippen LogP contribution is 2.17. The van der Waals surface area contributed by atoms with Gasteiger partial charge in [-0.1, -0.05) is 6.07 Å². The van der Waals surface area contributed by atoms with Gasteiger partial charge < -0.3 is 4.74 Å². The van der Waals surface area contributed by atoms with E-state index in [9.17, 15) is 9.00 Å². The summed E-state index contributed by atoms with van der Waals surface area (Å²) in [5.74, 6) is 0. The molecule has 18 heavy (non-hydrogen) atoms. The van der Waals surface area contributed by atoms with Gasteiger partial charge in [-0.15, -0.1) is 0 Å². The first-order valence-corrected chi connectivity index (χ1v) is 7.59. The van der Waals surface area contributed by atoms with Crippen LogP contribution in [0.2, 0.25) is 0 Å². The molecule has 6 heteroatoms. The number of nitrogens with one attached hydrogen (secondary N) is 1. The van der Waals surface area contributed by atoms with E-state index in [1.165, 1.54) is 0 Å². The van der Waals surface area contributed by atoms with Gasteiger partial charge in [-0.2, -0.15) is 0 Å². The Morgan fingerprint density at radius 2 is 2.00 bits per heavy atom. The number of amides is 1. The molecule has 1 rings (SSSR count). The van der Waals surface area contributed by atoms with E-state index in [1.54, 1.807) is 26.8 Å². The fourth-order valence-electron chi connectivity index (χ4n) is 1.19. The molecule has 0 saturated heterocycles. The maximum absolute atomic E-state index is 12.0. The summed E-state index contributed by atoms with van der Waals surface area (Å²) in [6.07, 6.45) is -0.683. The Balaban J connectivity index is 2.74. The molecule has 1 amide bonds. The van der Waals surface area contributed by atoms with Crippen LogP contribution in [-0.4, -0.2) is 15.9 Å². The lowest BCUT2D eigenvalue weighted by Gasteiger charge is -2.19. The average molecular weight is 381 g/mol. The van der Waals surface area contributed by atoms with Crippen LogP contribution in [0.25, 0.3) is 0 Å². The van der Waals surface area contributed by atoms with Crippen molar-refractivity contribution in [2.24, 2.45) is 0 Å². The van der Waals surface area contributed by atoms with E-state index >= 15 is 0 Å². The summed E-state index contributed by atoms with van der Waals surface area (Å²) in [6, 6.07) is 5.50. The summed E-state index contributed by atoms with van der Waals surface area (Å²) < 4.78 is 20.2. The topological polar surface area (TPSA) is 55.4 Å². The summed E-state index contributed by atoms with van der Waals surface area (Å²) in [5.41, 5.74) is 0.478. The van der Waals surface area contributed by atoms with Crippen molar-refractivity contribution in [2.45, 2.75) is 38.2 Å². The van der Waals surface area contributed by atoms with Crippen LogP contribution in [0, 0.1) is 10.5 Å². The van der Waals surface area contributed by atoms with Gasteiger partial charge in [-0.3, -0.25) is 0 Å². The highest BCUT2D eigenvalue weighted by molar-refractivity contribution is 14.1. The first kappa shape index (κ1) is 15.4. The van der Waals surface area contributed by atoms with Crippen LogP contribution in [-0.2, 0) is 15.7 Å². The Morgan fingerprint density at radius 3 is 2.50 bits per heavy atom. The fourth-order valence-corrected chi connectivity index (χ4v) is 3.19. The normalized spacial score (nSPS) is 12.9. The minimum absolute atomic E-state index is 0.576. The van der Waals surface area contributed by atoms with E-state index in [-0.39, 0.29) is 0 Å². The second kappa shape index (κ2) is 6.01. The van der Waals surface area contributed by atoms with Crippen molar-refractivity contribution >= 4 is 39.7 Å². The van der Waals surface area contributed by atoms with Gasteiger partial charge in [-0.25, -0.2) is 13.7 Å². The van der Waals surface area contributed by atoms with Gasteiger partial charge in [0.2, 0.25) is 0 Å². The molecule has 1 N–H and O–H groups in total. The zero-order valence-corrected chi connectivity index (χ0v) is 13.7. The molecule has 0 fully saturated rings. The molecule has 0 aromatic heterocycles. The van der Waals surface area contributed by atoms with Crippen molar-refractivity contribution in [1.29, 1.82) is 0 Å². The Labute approximate surface area is 123 Å². The van der Waals surface area contributed by atoms with Gasteiger partial charge in [-0.05, 0) is 68.0 Å². The van der Waals surface area contributed by atoms with E-state index in [4.69, 9.17) is 4.74 Å². The molecule has 0 bridgehead atoms. The second-order valence-electron chi connectivity index (χ2n) is 4.81. The Hall–Kier alpha value is -0.630. The van der Waals surface area contributed by atoms with Crippen molar-refractivity contribution < 1.29 is 13.7 Å². The minimum Gasteiger partial charge on any atom is -0.443 e. The summed E-state index contributed by atoms with van der Waals surface area (Å²) in [7, 11) is -1.60. The molecule has 1 unspecified atom stereocenters. The number of carbonyl (C=O) groups excluding carboxylic acids is 1. The summed E-state index contributed by atoms with van der Waals surface area (Å²) >= 11 is 2.09. The Bertz CT molecular complexity index is 483. The molecule has 4 nitrogen and oxygen atoms in total. The SMILES string of the molecule is Cc1ccc(S(=O)NC(=O)OC(C)(C)C)c(I)c1. The molecule has 0 radical (unpaired) electrons. The third-order valence-electron chi connectivity index (χ3n) is 1.86. The monoisotopic (exact) mass is 381 g/mol. The number of rotatable bonds is 2. The van der Waals surface area contributed by atoms with E-state index in [2.05, 4.69) is 27.3 Å². The molecular weight excluding hydrogens is 365 g/mol. The predicted molar refractivity (Wildman–Crippen MR) is 79.7 cm³/mol. The fraction of sp³-hybridized carbons (Fsp3) is 0.417. The largest absolute Gasteiger partial charge is 0.443 e. The summed E-state index contributed by atoms with van der Waals surface area (Å²) in [4.78, 5) is 12.1. The first-order chi connectivity index (χ1) is 8.19. The molecule has 0 saturated carbocycles. The third-order valence-corrected chi connectivity index (χ3v) is 4.23.